The maximum atomic E-state index is 14.6. The number of benzene rings is 2. The number of hydrogen-bond donors (Lipinski definition) is 1. The second-order valence-corrected chi connectivity index (χ2v) is 10.0. The largest absolute Gasteiger partial charge is 0.487 e. The van der Waals surface area contributed by atoms with Crippen LogP contribution in [0.1, 0.15) is 44.7 Å². The number of halogens is 1. The van der Waals surface area contributed by atoms with Crippen LogP contribution in [-0.4, -0.2) is 22.2 Å². The van der Waals surface area contributed by atoms with Crippen LogP contribution in [0.3, 0.4) is 0 Å². The molecule has 3 aromatic rings. The molecule has 0 saturated heterocycles. The molecule has 2 aromatic carbocycles. The molecule has 2 aliphatic rings. The van der Waals surface area contributed by atoms with Crippen LogP contribution in [0.15, 0.2) is 71.9 Å². The van der Waals surface area contributed by atoms with Gasteiger partial charge in [0.15, 0.2) is 11.3 Å². The van der Waals surface area contributed by atoms with Gasteiger partial charge in [0, 0.05) is 42.0 Å². The van der Waals surface area contributed by atoms with Crippen LogP contribution in [0.4, 0.5) is 4.39 Å². The summed E-state index contributed by atoms with van der Waals surface area (Å²) in [6.45, 7) is 6.00. The lowest BCUT2D eigenvalue weighted by molar-refractivity contribution is -0.134. The molecule has 0 radical (unpaired) electrons. The number of fused-ring (bicyclic) bond motifs is 2. The van der Waals surface area contributed by atoms with Gasteiger partial charge in [-0.25, -0.2) is 4.98 Å². The summed E-state index contributed by atoms with van der Waals surface area (Å²) >= 11 is 0. The molecule has 0 amide bonds. The lowest BCUT2D eigenvalue weighted by atomic mass is 9.65. The fraction of sp³-hybridized carbons (Fsp3) is 0.345. The Bertz CT molecular complexity index is 1310. The number of ether oxygens (including phenoxy) is 1. The predicted molar refractivity (Wildman–Crippen MR) is 135 cm³/mol. The molecule has 180 valence electrons. The van der Waals surface area contributed by atoms with Gasteiger partial charge in [-0.1, -0.05) is 50.2 Å². The molecule has 5 rings (SSSR count). The van der Waals surface area contributed by atoms with E-state index in [9.17, 15) is 9.18 Å². The zero-order chi connectivity index (χ0) is 24.8. The zero-order valence-corrected chi connectivity index (χ0v) is 20.3. The highest BCUT2D eigenvalue weighted by Crippen LogP contribution is 2.52. The van der Waals surface area contributed by atoms with Gasteiger partial charge in [0.25, 0.3) is 0 Å². The number of pyridine rings is 1. The third-order valence-corrected chi connectivity index (χ3v) is 7.48. The average molecular weight is 472 g/mol. The van der Waals surface area contributed by atoms with Gasteiger partial charge in [0.05, 0.1) is 5.84 Å². The predicted octanol–water partition coefficient (Wildman–Crippen LogP) is 5.47. The molecule has 0 aliphatic carbocycles. The first-order valence-corrected chi connectivity index (χ1v) is 12.1. The molecule has 4 atom stereocenters. The number of carbonyl (C=O) groups excluding carboxylic acids is 1. The fourth-order valence-electron chi connectivity index (χ4n) is 5.75. The van der Waals surface area contributed by atoms with E-state index in [1.165, 1.54) is 6.20 Å². The maximum absolute atomic E-state index is 14.6. The Morgan fingerprint density at radius 2 is 1.91 bits per heavy atom. The first-order chi connectivity index (χ1) is 16.8. The van der Waals surface area contributed by atoms with Crippen molar-refractivity contribution < 1.29 is 13.9 Å². The van der Waals surface area contributed by atoms with Crippen LogP contribution < -0.4 is 10.5 Å². The molecule has 0 saturated carbocycles. The molecular formula is C29H30FN3O2. The normalized spacial score (nSPS) is 27.8. The van der Waals surface area contributed by atoms with Crippen LogP contribution in [0.5, 0.6) is 5.75 Å². The van der Waals surface area contributed by atoms with Crippen LogP contribution in [0, 0.1) is 17.8 Å². The summed E-state index contributed by atoms with van der Waals surface area (Å²) in [4.78, 5) is 22.9. The molecule has 4 unspecified atom stereocenters. The number of amidine groups is 1. The third kappa shape index (κ3) is 3.91. The molecule has 1 aromatic heterocycles. The zero-order valence-electron chi connectivity index (χ0n) is 20.3. The monoisotopic (exact) mass is 471 g/mol. The smallest absolute Gasteiger partial charge is 0.220 e. The van der Waals surface area contributed by atoms with Gasteiger partial charge in [-0.05, 0) is 48.7 Å². The van der Waals surface area contributed by atoms with E-state index in [0.29, 0.717) is 47.5 Å². The highest BCUT2D eigenvalue weighted by Gasteiger charge is 2.56. The Labute approximate surface area is 205 Å². The fourth-order valence-corrected chi connectivity index (χ4v) is 5.75. The summed E-state index contributed by atoms with van der Waals surface area (Å²) in [5.41, 5.74) is 7.33. The number of hydrogen-bond acceptors (Lipinski definition) is 5. The first-order valence-electron chi connectivity index (χ1n) is 12.1. The molecule has 6 heteroatoms. The van der Waals surface area contributed by atoms with Crippen LogP contribution in [0.25, 0.3) is 11.1 Å². The molecule has 35 heavy (non-hydrogen) atoms. The number of carbonyl (C=O) groups is 1. The second-order valence-electron chi connectivity index (χ2n) is 10.0. The molecule has 5 nitrogen and oxygen atoms in total. The van der Waals surface area contributed by atoms with Crippen molar-refractivity contribution in [1.82, 2.24) is 4.98 Å². The van der Waals surface area contributed by atoms with E-state index in [0.717, 1.165) is 5.56 Å². The molecule has 2 aliphatic heterocycles. The quantitative estimate of drug-likeness (QED) is 0.512. The number of nitrogens with zero attached hydrogens (tertiary/aromatic N) is 2. The summed E-state index contributed by atoms with van der Waals surface area (Å²) in [7, 11) is 0. The maximum Gasteiger partial charge on any atom is 0.220 e. The third-order valence-electron chi connectivity index (χ3n) is 7.48. The molecule has 2 N–H and O–H groups in total. The second kappa shape index (κ2) is 8.59. The summed E-state index contributed by atoms with van der Waals surface area (Å²) in [5.74, 6) is 0.155. The van der Waals surface area contributed by atoms with Crippen molar-refractivity contribution in [3.63, 3.8) is 0 Å². The Balaban J connectivity index is 1.70. The van der Waals surface area contributed by atoms with E-state index in [1.807, 2.05) is 51.1 Å². The van der Waals surface area contributed by atoms with Gasteiger partial charge in [-0.2, -0.15) is 4.39 Å². The van der Waals surface area contributed by atoms with E-state index in [4.69, 9.17) is 15.5 Å². The van der Waals surface area contributed by atoms with Crippen LogP contribution >= 0.6 is 0 Å². The Morgan fingerprint density at radius 3 is 2.63 bits per heavy atom. The van der Waals surface area contributed by atoms with Crippen molar-refractivity contribution in [3.8, 4) is 16.9 Å². The van der Waals surface area contributed by atoms with Gasteiger partial charge >= 0.3 is 0 Å². The minimum atomic E-state index is -1.19. The number of ketones is 1. The SMILES string of the molecule is CCC1C(=O)C2(CC(C)(Cc3ccccc3)Oc3ccc(-c4cccnc4F)cc32)N=C(N)C1C. The topological polar surface area (TPSA) is 77.6 Å². The minimum Gasteiger partial charge on any atom is -0.487 e. The molecule has 0 fully saturated rings. The highest BCUT2D eigenvalue weighted by molar-refractivity contribution is 6.02. The van der Waals surface area contributed by atoms with E-state index in [1.54, 1.807) is 18.2 Å². The van der Waals surface area contributed by atoms with E-state index in [2.05, 4.69) is 17.1 Å². The van der Waals surface area contributed by atoms with Crippen molar-refractivity contribution in [3.05, 3.63) is 83.9 Å². The average Bonchev–Trinajstić information content (AvgIpc) is 2.84. The van der Waals surface area contributed by atoms with E-state index in [-0.39, 0.29) is 17.6 Å². The lowest BCUT2D eigenvalue weighted by Crippen LogP contribution is -2.56. The summed E-state index contributed by atoms with van der Waals surface area (Å²) < 4.78 is 21.1. The van der Waals surface area contributed by atoms with Crippen LogP contribution in [0.2, 0.25) is 0 Å². The number of nitrogens with two attached hydrogens (primary N) is 1. The van der Waals surface area contributed by atoms with Crippen molar-refractivity contribution in [2.24, 2.45) is 22.6 Å². The van der Waals surface area contributed by atoms with E-state index >= 15 is 0 Å². The Hall–Kier alpha value is -3.54. The van der Waals surface area contributed by atoms with Crippen LogP contribution in [-0.2, 0) is 16.8 Å². The highest BCUT2D eigenvalue weighted by atomic mass is 19.1. The van der Waals surface area contributed by atoms with Crippen molar-refractivity contribution >= 4 is 11.6 Å². The van der Waals surface area contributed by atoms with E-state index < -0.39 is 17.1 Å². The molecule has 3 heterocycles. The van der Waals surface area contributed by atoms with Crippen molar-refractivity contribution in [1.29, 1.82) is 0 Å². The minimum absolute atomic E-state index is 0.0503. The lowest BCUT2D eigenvalue weighted by Gasteiger charge is -2.48. The van der Waals surface area contributed by atoms with Gasteiger partial charge < -0.3 is 10.5 Å². The molecular weight excluding hydrogens is 441 g/mol. The molecule has 1 spiro atoms. The Kier molecular flexibility index (Phi) is 5.70. The van der Waals surface area contributed by atoms with Crippen molar-refractivity contribution in [2.45, 2.75) is 51.2 Å². The number of aliphatic imine (C=N–C) groups is 1. The van der Waals surface area contributed by atoms with Gasteiger partial charge in [0.2, 0.25) is 5.95 Å². The summed E-state index contributed by atoms with van der Waals surface area (Å²) in [6.07, 6.45) is 3.05. The number of Topliss-reactive ketones (excluding diaryl/α,β-unsaturated/α-hetero) is 1. The van der Waals surface area contributed by atoms with Gasteiger partial charge in [0.1, 0.15) is 11.4 Å². The molecule has 0 bridgehead atoms. The number of aromatic nitrogens is 1. The summed E-state index contributed by atoms with van der Waals surface area (Å²) in [6, 6.07) is 18.9. The Morgan fingerprint density at radius 1 is 1.14 bits per heavy atom. The standard InChI is InChI=1S/C29H30FN3O2/c1-4-21-18(2)27(31)33-29(25(21)34)17-28(3,16-19-9-6-5-7-10-19)35-24-13-12-20(15-23(24)29)22-11-8-14-32-26(22)30/h5-15,18,21H,4,16-17H2,1-3H3,(H2,31,33). The number of rotatable bonds is 4. The van der Waals surface area contributed by atoms with Gasteiger partial charge in [-0.15, -0.1) is 0 Å². The summed E-state index contributed by atoms with van der Waals surface area (Å²) in [5, 5.41) is 0. The van der Waals surface area contributed by atoms with Gasteiger partial charge in [-0.3, -0.25) is 9.79 Å². The first kappa shape index (κ1) is 23.2. The van der Waals surface area contributed by atoms with Crippen molar-refractivity contribution in [2.75, 3.05) is 0 Å².